The van der Waals surface area contributed by atoms with Gasteiger partial charge in [-0.15, -0.1) is 0 Å². The second kappa shape index (κ2) is 4.60. The highest BCUT2D eigenvalue weighted by Gasteiger charge is 2.42. The SMILES string of the molecule is O=C(Nc1cccc2ccccc12)C1CC2CCC1N2. The van der Waals surface area contributed by atoms with Crippen LogP contribution in [0.3, 0.4) is 0 Å². The Balaban J connectivity index is 1.60. The molecule has 20 heavy (non-hydrogen) atoms. The molecule has 2 heterocycles. The van der Waals surface area contributed by atoms with Crippen LogP contribution >= 0.6 is 0 Å². The first kappa shape index (κ1) is 11.9. The van der Waals surface area contributed by atoms with Gasteiger partial charge in [0.2, 0.25) is 5.91 Å². The number of rotatable bonds is 2. The Kier molecular flexibility index (Phi) is 2.74. The molecule has 2 N–H and O–H groups in total. The van der Waals surface area contributed by atoms with Crippen molar-refractivity contribution in [2.24, 2.45) is 5.92 Å². The summed E-state index contributed by atoms with van der Waals surface area (Å²) in [5, 5.41) is 8.93. The Morgan fingerprint density at radius 2 is 1.95 bits per heavy atom. The molecule has 0 aliphatic carbocycles. The van der Waals surface area contributed by atoms with E-state index in [-0.39, 0.29) is 11.8 Å². The summed E-state index contributed by atoms with van der Waals surface area (Å²) in [5.74, 6) is 0.300. The fourth-order valence-corrected chi connectivity index (χ4v) is 3.67. The van der Waals surface area contributed by atoms with E-state index in [0.29, 0.717) is 12.1 Å². The second-order valence-electron chi connectivity index (χ2n) is 5.91. The van der Waals surface area contributed by atoms with Gasteiger partial charge < -0.3 is 10.6 Å². The standard InChI is InChI=1S/C17H18N2O/c20-17(14-10-12-8-9-16(14)18-12)19-15-7-3-5-11-4-1-2-6-13(11)15/h1-7,12,14,16,18H,8-10H2,(H,19,20). The van der Waals surface area contributed by atoms with Crippen LogP contribution in [0.25, 0.3) is 10.8 Å². The van der Waals surface area contributed by atoms with Crippen LogP contribution in [-0.2, 0) is 4.79 Å². The minimum absolute atomic E-state index is 0.132. The van der Waals surface area contributed by atoms with Gasteiger partial charge in [-0.25, -0.2) is 0 Å². The lowest BCUT2D eigenvalue weighted by atomic mass is 9.88. The third-order valence-electron chi connectivity index (χ3n) is 4.68. The van der Waals surface area contributed by atoms with Crippen molar-refractivity contribution in [2.75, 3.05) is 5.32 Å². The fourth-order valence-electron chi connectivity index (χ4n) is 3.67. The van der Waals surface area contributed by atoms with Crippen molar-refractivity contribution in [2.45, 2.75) is 31.3 Å². The molecule has 4 rings (SSSR count). The number of carbonyl (C=O) groups is 1. The van der Waals surface area contributed by atoms with Gasteiger partial charge in [0.25, 0.3) is 0 Å². The summed E-state index contributed by atoms with van der Waals surface area (Å²) in [6, 6.07) is 15.2. The first-order valence-electron chi connectivity index (χ1n) is 7.36. The van der Waals surface area contributed by atoms with E-state index in [4.69, 9.17) is 0 Å². The summed E-state index contributed by atoms with van der Waals surface area (Å²) in [6.45, 7) is 0. The van der Waals surface area contributed by atoms with E-state index in [9.17, 15) is 4.79 Å². The summed E-state index contributed by atoms with van der Waals surface area (Å²) in [4.78, 5) is 12.5. The van der Waals surface area contributed by atoms with E-state index in [1.54, 1.807) is 0 Å². The molecule has 2 fully saturated rings. The van der Waals surface area contributed by atoms with E-state index in [1.165, 1.54) is 6.42 Å². The molecule has 3 heteroatoms. The molecule has 0 aromatic heterocycles. The summed E-state index contributed by atoms with van der Waals surface area (Å²) in [6.07, 6.45) is 3.35. The molecule has 2 aromatic rings. The molecule has 0 radical (unpaired) electrons. The van der Waals surface area contributed by atoms with Crippen molar-refractivity contribution in [3.05, 3.63) is 42.5 Å². The van der Waals surface area contributed by atoms with Gasteiger partial charge in [0, 0.05) is 23.2 Å². The molecular weight excluding hydrogens is 248 g/mol. The largest absolute Gasteiger partial charge is 0.325 e. The zero-order chi connectivity index (χ0) is 13.5. The highest BCUT2D eigenvalue weighted by Crippen LogP contribution is 2.34. The van der Waals surface area contributed by atoms with Crippen molar-refractivity contribution in [1.29, 1.82) is 0 Å². The van der Waals surface area contributed by atoms with Crippen LogP contribution < -0.4 is 10.6 Å². The normalized spacial score (nSPS) is 27.9. The molecule has 2 bridgehead atoms. The smallest absolute Gasteiger partial charge is 0.229 e. The van der Waals surface area contributed by atoms with Crippen molar-refractivity contribution in [1.82, 2.24) is 5.32 Å². The Bertz CT molecular complexity index is 662. The minimum atomic E-state index is 0.132. The van der Waals surface area contributed by atoms with Gasteiger partial charge >= 0.3 is 0 Å². The third-order valence-corrected chi connectivity index (χ3v) is 4.68. The highest BCUT2D eigenvalue weighted by atomic mass is 16.2. The van der Waals surface area contributed by atoms with Gasteiger partial charge in [-0.3, -0.25) is 4.79 Å². The Labute approximate surface area is 118 Å². The van der Waals surface area contributed by atoms with Gasteiger partial charge in [-0.05, 0) is 30.7 Å². The lowest BCUT2D eigenvalue weighted by Crippen LogP contribution is -2.32. The van der Waals surface area contributed by atoms with Crippen LogP contribution in [-0.4, -0.2) is 18.0 Å². The maximum atomic E-state index is 12.5. The van der Waals surface area contributed by atoms with Gasteiger partial charge in [0.15, 0.2) is 0 Å². The molecule has 0 spiro atoms. The van der Waals surface area contributed by atoms with Gasteiger partial charge in [-0.1, -0.05) is 36.4 Å². The van der Waals surface area contributed by atoms with Crippen molar-refractivity contribution < 1.29 is 4.79 Å². The minimum Gasteiger partial charge on any atom is -0.325 e. The summed E-state index contributed by atoms with van der Waals surface area (Å²) in [7, 11) is 0. The average Bonchev–Trinajstić information content (AvgIpc) is 3.10. The molecule has 2 saturated heterocycles. The number of nitrogens with one attached hydrogen (secondary N) is 2. The van der Waals surface area contributed by atoms with Gasteiger partial charge in [0.1, 0.15) is 0 Å². The van der Waals surface area contributed by atoms with Crippen LogP contribution in [0.2, 0.25) is 0 Å². The van der Waals surface area contributed by atoms with E-state index in [1.807, 2.05) is 24.3 Å². The number of fused-ring (bicyclic) bond motifs is 3. The predicted octanol–water partition coefficient (Wildman–Crippen LogP) is 2.92. The van der Waals surface area contributed by atoms with Crippen LogP contribution in [0.4, 0.5) is 5.69 Å². The zero-order valence-electron chi connectivity index (χ0n) is 11.3. The number of hydrogen-bond acceptors (Lipinski definition) is 2. The summed E-state index contributed by atoms with van der Waals surface area (Å²) >= 11 is 0. The lowest BCUT2D eigenvalue weighted by Gasteiger charge is -2.20. The molecule has 2 aliphatic heterocycles. The summed E-state index contributed by atoms with van der Waals surface area (Å²) in [5.41, 5.74) is 0.927. The van der Waals surface area contributed by atoms with Crippen molar-refractivity contribution in [3.63, 3.8) is 0 Å². The van der Waals surface area contributed by atoms with Gasteiger partial charge in [0.05, 0.1) is 5.92 Å². The monoisotopic (exact) mass is 266 g/mol. The average molecular weight is 266 g/mol. The number of anilines is 1. The second-order valence-corrected chi connectivity index (χ2v) is 5.91. The van der Waals surface area contributed by atoms with Crippen molar-refractivity contribution in [3.8, 4) is 0 Å². The molecule has 102 valence electrons. The number of benzene rings is 2. The molecule has 3 unspecified atom stereocenters. The quantitative estimate of drug-likeness (QED) is 0.877. The van der Waals surface area contributed by atoms with E-state index < -0.39 is 0 Å². The van der Waals surface area contributed by atoms with E-state index in [0.717, 1.165) is 29.3 Å². The maximum absolute atomic E-state index is 12.5. The summed E-state index contributed by atoms with van der Waals surface area (Å²) < 4.78 is 0. The zero-order valence-corrected chi connectivity index (χ0v) is 11.3. The molecule has 3 atom stereocenters. The third kappa shape index (κ3) is 1.90. The van der Waals surface area contributed by atoms with Crippen LogP contribution in [0, 0.1) is 5.92 Å². The molecule has 0 saturated carbocycles. The first-order valence-corrected chi connectivity index (χ1v) is 7.36. The highest BCUT2D eigenvalue weighted by molar-refractivity contribution is 6.03. The van der Waals surface area contributed by atoms with Crippen LogP contribution in [0.15, 0.2) is 42.5 Å². The molecular formula is C17H18N2O. The Morgan fingerprint density at radius 3 is 2.75 bits per heavy atom. The van der Waals surface area contributed by atoms with Crippen LogP contribution in [0.1, 0.15) is 19.3 Å². The maximum Gasteiger partial charge on any atom is 0.229 e. The first-order chi connectivity index (χ1) is 9.81. The molecule has 2 aromatic carbocycles. The molecule has 2 aliphatic rings. The Morgan fingerprint density at radius 1 is 1.10 bits per heavy atom. The number of hydrogen-bond donors (Lipinski definition) is 2. The lowest BCUT2D eigenvalue weighted by molar-refractivity contribution is -0.120. The molecule has 3 nitrogen and oxygen atoms in total. The van der Waals surface area contributed by atoms with E-state index in [2.05, 4.69) is 28.8 Å². The Hall–Kier alpha value is -1.87. The van der Waals surface area contributed by atoms with Gasteiger partial charge in [-0.2, -0.15) is 0 Å². The number of carbonyl (C=O) groups excluding carboxylic acids is 1. The predicted molar refractivity (Wildman–Crippen MR) is 80.6 cm³/mol. The van der Waals surface area contributed by atoms with Crippen LogP contribution in [0.5, 0.6) is 0 Å². The van der Waals surface area contributed by atoms with E-state index >= 15 is 0 Å². The fraction of sp³-hybridized carbons (Fsp3) is 0.353. The number of amides is 1. The molecule has 1 amide bonds. The van der Waals surface area contributed by atoms with Crippen molar-refractivity contribution >= 4 is 22.4 Å². The topological polar surface area (TPSA) is 41.1 Å².